The van der Waals surface area contributed by atoms with Crippen LogP contribution >= 0.6 is 0 Å². The predicted octanol–water partition coefficient (Wildman–Crippen LogP) is 1.86. The molecule has 1 aromatic rings. The van der Waals surface area contributed by atoms with Gasteiger partial charge in [0, 0.05) is 5.92 Å². The smallest absolute Gasteiger partial charge is 0.328 e. The van der Waals surface area contributed by atoms with Crippen LogP contribution in [-0.2, 0) is 16.0 Å². The highest BCUT2D eigenvalue weighted by Gasteiger charge is 2.30. The van der Waals surface area contributed by atoms with E-state index >= 15 is 0 Å². The molecule has 6 heteroatoms. The molecule has 0 aliphatic rings. The highest BCUT2D eigenvalue weighted by Crippen LogP contribution is 2.28. The summed E-state index contributed by atoms with van der Waals surface area (Å²) in [7, 11) is 3.11. The molecule has 1 unspecified atom stereocenters. The molecule has 0 aliphatic heterocycles. The van der Waals surface area contributed by atoms with Crippen LogP contribution in [0.25, 0.3) is 0 Å². The lowest BCUT2D eigenvalue weighted by Gasteiger charge is -2.23. The van der Waals surface area contributed by atoms with Gasteiger partial charge in [-0.1, -0.05) is 13.0 Å². The van der Waals surface area contributed by atoms with E-state index < -0.39 is 11.5 Å². The fourth-order valence-corrected chi connectivity index (χ4v) is 1.94. The molecule has 0 heterocycles. The molecule has 22 heavy (non-hydrogen) atoms. The van der Waals surface area contributed by atoms with Crippen molar-refractivity contribution in [2.45, 2.75) is 32.7 Å². The molecular weight excluding hydrogens is 286 g/mol. The van der Waals surface area contributed by atoms with Crippen LogP contribution in [0.1, 0.15) is 26.3 Å². The predicted molar refractivity (Wildman–Crippen MR) is 82.3 cm³/mol. The second kappa shape index (κ2) is 7.15. The first kappa shape index (κ1) is 17.8. The lowest BCUT2D eigenvalue weighted by molar-refractivity contribution is -0.146. The van der Waals surface area contributed by atoms with Gasteiger partial charge in [-0.2, -0.15) is 0 Å². The molecule has 1 aromatic carbocycles. The van der Waals surface area contributed by atoms with Gasteiger partial charge in [-0.25, -0.2) is 4.79 Å². The van der Waals surface area contributed by atoms with Crippen molar-refractivity contribution < 1.29 is 24.2 Å². The molecular formula is C16H23NO5. The third-order valence-corrected chi connectivity index (χ3v) is 3.41. The van der Waals surface area contributed by atoms with Crippen LogP contribution in [0.2, 0.25) is 0 Å². The Hall–Kier alpha value is -2.24. The van der Waals surface area contributed by atoms with Crippen molar-refractivity contribution in [3.63, 3.8) is 0 Å². The van der Waals surface area contributed by atoms with E-state index in [4.69, 9.17) is 14.6 Å². The summed E-state index contributed by atoms with van der Waals surface area (Å²) in [4.78, 5) is 23.2. The highest BCUT2D eigenvalue weighted by molar-refractivity contribution is 5.87. The Morgan fingerprint density at radius 3 is 2.32 bits per heavy atom. The SMILES string of the molecule is COc1ccc(CC(C)C(=O)NC(C)(C)C(=O)O)cc1OC. The number of rotatable bonds is 7. The zero-order valence-corrected chi connectivity index (χ0v) is 13.6. The Bertz CT molecular complexity index is 553. The van der Waals surface area contributed by atoms with Crippen molar-refractivity contribution in [1.29, 1.82) is 0 Å². The Morgan fingerprint density at radius 1 is 1.23 bits per heavy atom. The van der Waals surface area contributed by atoms with Crippen LogP contribution in [0.15, 0.2) is 18.2 Å². The number of nitrogens with one attached hydrogen (secondary N) is 1. The largest absolute Gasteiger partial charge is 0.493 e. The van der Waals surface area contributed by atoms with Crippen molar-refractivity contribution in [2.24, 2.45) is 5.92 Å². The van der Waals surface area contributed by atoms with E-state index in [0.29, 0.717) is 17.9 Å². The summed E-state index contributed by atoms with van der Waals surface area (Å²) in [6.45, 7) is 4.66. The monoisotopic (exact) mass is 309 g/mol. The van der Waals surface area contributed by atoms with E-state index in [1.807, 2.05) is 12.1 Å². The molecule has 0 bridgehead atoms. The van der Waals surface area contributed by atoms with E-state index in [-0.39, 0.29) is 11.8 Å². The number of hydrogen-bond acceptors (Lipinski definition) is 4. The van der Waals surface area contributed by atoms with Crippen LogP contribution in [0.3, 0.4) is 0 Å². The fourth-order valence-electron chi connectivity index (χ4n) is 1.94. The summed E-state index contributed by atoms with van der Waals surface area (Å²) in [5.41, 5.74) is -0.378. The second-order valence-corrected chi connectivity index (χ2v) is 5.71. The first-order valence-electron chi connectivity index (χ1n) is 6.97. The maximum Gasteiger partial charge on any atom is 0.328 e. The molecule has 1 rings (SSSR count). The summed E-state index contributed by atoms with van der Waals surface area (Å²) < 4.78 is 10.4. The van der Waals surface area contributed by atoms with Crippen molar-refractivity contribution in [1.82, 2.24) is 5.32 Å². The minimum atomic E-state index is -1.29. The van der Waals surface area contributed by atoms with Crippen LogP contribution in [0.5, 0.6) is 11.5 Å². The molecule has 0 saturated carbocycles. The first-order chi connectivity index (χ1) is 10.2. The number of hydrogen-bond donors (Lipinski definition) is 2. The number of ether oxygens (including phenoxy) is 2. The Kier molecular flexibility index (Phi) is 5.79. The van der Waals surface area contributed by atoms with Crippen molar-refractivity contribution in [3.05, 3.63) is 23.8 Å². The molecule has 1 atom stereocenters. The molecule has 0 radical (unpaired) electrons. The third kappa shape index (κ3) is 4.38. The molecule has 0 fully saturated rings. The van der Waals surface area contributed by atoms with Crippen LogP contribution in [0.4, 0.5) is 0 Å². The van der Waals surface area contributed by atoms with Crippen molar-refractivity contribution >= 4 is 11.9 Å². The van der Waals surface area contributed by atoms with Gasteiger partial charge in [0.25, 0.3) is 0 Å². The summed E-state index contributed by atoms with van der Waals surface area (Å²) in [6.07, 6.45) is 0.474. The molecule has 0 aromatic heterocycles. The molecule has 122 valence electrons. The lowest BCUT2D eigenvalue weighted by atomic mass is 9.98. The zero-order valence-electron chi connectivity index (χ0n) is 13.6. The fraction of sp³-hybridized carbons (Fsp3) is 0.500. The summed E-state index contributed by atoms with van der Waals surface area (Å²) >= 11 is 0. The number of carbonyl (C=O) groups is 2. The first-order valence-corrected chi connectivity index (χ1v) is 6.97. The molecule has 0 saturated heterocycles. The Morgan fingerprint density at radius 2 is 1.82 bits per heavy atom. The molecule has 1 amide bonds. The maximum absolute atomic E-state index is 12.1. The summed E-state index contributed by atoms with van der Waals surface area (Å²) in [6, 6.07) is 5.44. The van der Waals surface area contributed by atoms with E-state index in [0.717, 1.165) is 5.56 Å². The van der Waals surface area contributed by atoms with Gasteiger partial charge in [0.15, 0.2) is 11.5 Å². The van der Waals surface area contributed by atoms with Gasteiger partial charge < -0.3 is 19.9 Å². The standard InChI is InChI=1S/C16H23NO5/c1-10(14(18)17-16(2,3)15(19)20)8-11-6-7-12(21-4)13(9-11)22-5/h6-7,9-10H,8H2,1-5H3,(H,17,18)(H,19,20). The molecule has 2 N–H and O–H groups in total. The van der Waals surface area contributed by atoms with Crippen LogP contribution in [-0.4, -0.2) is 36.7 Å². The number of carboxylic acids is 1. The van der Waals surface area contributed by atoms with Crippen LogP contribution < -0.4 is 14.8 Å². The average molecular weight is 309 g/mol. The number of benzene rings is 1. The maximum atomic E-state index is 12.1. The Balaban J connectivity index is 2.78. The number of carbonyl (C=O) groups excluding carboxylic acids is 1. The van der Waals surface area contributed by atoms with Gasteiger partial charge in [-0.15, -0.1) is 0 Å². The number of aliphatic carboxylic acids is 1. The zero-order chi connectivity index (χ0) is 16.9. The normalized spacial score (nSPS) is 12.4. The topological polar surface area (TPSA) is 84.9 Å². The third-order valence-electron chi connectivity index (χ3n) is 3.41. The molecule has 0 spiro atoms. The molecule has 0 aliphatic carbocycles. The minimum Gasteiger partial charge on any atom is -0.493 e. The van der Waals surface area contributed by atoms with Crippen LogP contribution in [0, 0.1) is 5.92 Å². The van der Waals surface area contributed by atoms with E-state index in [1.54, 1.807) is 27.2 Å². The summed E-state index contributed by atoms with van der Waals surface area (Å²) in [5.74, 6) is -0.521. The van der Waals surface area contributed by atoms with Gasteiger partial charge in [0.2, 0.25) is 5.91 Å². The Labute approximate surface area is 130 Å². The van der Waals surface area contributed by atoms with Gasteiger partial charge >= 0.3 is 5.97 Å². The number of carboxylic acid groups (broad SMARTS) is 1. The second-order valence-electron chi connectivity index (χ2n) is 5.71. The number of amides is 1. The quantitative estimate of drug-likeness (QED) is 0.803. The van der Waals surface area contributed by atoms with Crippen molar-refractivity contribution in [2.75, 3.05) is 14.2 Å². The van der Waals surface area contributed by atoms with E-state index in [1.165, 1.54) is 13.8 Å². The average Bonchev–Trinajstić information content (AvgIpc) is 2.46. The van der Waals surface area contributed by atoms with Gasteiger partial charge in [-0.3, -0.25) is 4.79 Å². The van der Waals surface area contributed by atoms with E-state index in [2.05, 4.69) is 5.32 Å². The van der Waals surface area contributed by atoms with Gasteiger partial charge in [0.1, 0.15) is 5.54 Å². The van der Waals surface area contributed by atoms with Crippen molar-refractivity contribution in [3.8, 4) is 11.5 Å². The summed E-state index contributed by atoms with van der Waals surface area (Å²) in [5, 5.41) is 11.6. The highest BCUT2D eigenvalue weighted by atomic mass is 16.5. The number of methoxy groups -OCH3 is 2. The lowest BCUT2D eigenvalue weighted by Crippen LogP contribution is -2.51. The minimum absolute atomic E-state index is 0.304. The van der Waals surface area contributed by atoms with Gasteiger partial charge in [-0.05, 0) is 38.0 Å². The van der Waals surface area contributed by atoms with E-state index in [9.17, 15) is 9.59 Å². The van der Waals surface area contributed by atoms with Gasteiger partial charge in [0.05, 0.1) is 14.2 Å². The molecule has 6 nitrogen and oxygen atoms in total.